The van der Waals surface area contributed by atoms with Gasteiger partial charge in [0.25, 0.3) is 0 Å². The number of benzene rings is 2. The summed E-state index contributed by atoms with van der Waals surface area (Å²) in [6.07, 6.45) is 0.0460. The lowest BCUT2D eigenvalue weighted by Gasteiger charge is -2.17. The Bertz CT molecular complexity index is 793. The predicted octanol–water partition coefficient (Wildman–Crippen LogP) is 4.12. The standard InChI is InChI=1S/C17H13Cl2FN2O2/c18-13-5-2-6-14(19)16(13)21-17(24)10-7-15(23)22(9-10)12-4-1-3-11(20)8-12/h1-6,8,10H,7,9H2,(H,21,24). The van der Waals surface area contributed by atoms with Crippen molar-refractivity contribution >= 4 is 46.4 Å². The third kappa shape index (κ3) is 3.37. The number of nitrogens with zero attached hydrogens (tertiary/aromatic N) is 1. The number of anilines is 2. The van der Waals surface area contributed by atoms with Crippen molar-refractivity contribution < 1.29 is 14.0 Å². The molecule has 0 aromatic heterocycles. The van der Waals surface area contributed by atoms with Gasteiger partial charge >= 0.3 is 0 Å². The Hall–Kier alpha value is -2.11. The van der Waals surface area contributed by atoms with Gasteiger partial charge < -0.3 is 10.2 Å². The molecule has 2 amide bonds. The van der Waals surface area contributed by atoms with Crippen molar-refractivity contribution in [3.05, 3.63) is 58.3 Å². The zero-order valence-electron chi connectivity index (χ0n) is 12.4. The van der Waals surface area contributed by atoms with Crippen molar-refractivity contribution in [1.29, 1.82) is 0 Å². The minimum atomic E-state index is -0.562. The lowest BCUT2D eigenvalue weighted by molar-refractivity contribution is -0.122. The Kier molecular flexibility index (Phi) is 4.73. The molecule has 1 atom stereocenters. The molecule has 1 N–H and O–H groups in total. The van der Waals surface area contributed by atoms with Crippen LogP contribution >= 0.6 is 23.2 Å². The minimum Gasteiger partial charge on any atom is -0.323 e. The Balaban J connectivity index is 1.75. The van der Waals surface area contributed by atoms with Crippen LogP contribution in [-0.2, 0) is 9.59 Å². The summed E-state index contributed by atoms with van der Waals surface area (Å²) >= 11 is 12.1. The second-order valence-corrected chi connectivity index (χ2v) is 6.29. The van der Waals surface area contributed by atoms with Crippen LogP contribution in [0, 0.1) is 11.7 Å². The largest absolute Gasteiger partial charge is 0.323 e. The Morgan fingerprint density at radius 2 is 1.83 bits per heavy atom. The molecule has 4 nitrogen and oxygen atoms in total. The van der Waals surface area contributed by atoms with Crippen molar-refractivity contribution in [1.82, 2.24) is 0 Å². The highest BCUT2D eigenvalue weighted by Crippen LogP contribution is 2.32. The average molecular weight is 367 g/mol. The van der Waals surface area contributed by atoms with E-state index in [2.05, 4.69) is 5.32 Å². The zero-order valence-corrected chi connectivity index (χ0v) is 13.9. The molecule has 1 heterocycles. The molecule has 124 valence electrons. The number of hydrogen-bond donors (Lipinski definition) is 1. The number of carbonyl (C=O) groups excluding carboxylic acids is 2. The number of carbonyl (C=O) groups is 2. The van der Waals surface area contributed by atoms with Gasteiger partial charge in [-0.25, -0.2) is 4.39 Å². The van der Waals surface area contributed by atoms with Crippen molar-refractivity contribution in [2.75, 3.05) is 16.8 Å². The fraction of sp³-hybridized carbons (Fsp3) is 0.176. The highest BCUT2D eigenvalue weighted by atomic mass is 35.5. The van der Waals surface area contributed by atoms with Gasteiger partial charge in [0, 0.05) is 18.7 Å². The summed E-state index contributed by atoms with van der Waals surface area (Å²) in [4.78, 5) is 26.0. The molecule has 0 saturated carbocycles. The van der Waals surface area contributed by atoms with E-state index in [4.69, 9.17) is 23.2 Å². The summed E-state index contributed by atoms with van der Waals surface area (Å²) < 4.78 is 13.3. The molecular weight excluding hydrogens is 354 g/mol. The van der Waals surface area contributed by atoms with Gasteiger partial charge in [-0.2, -0.15) is 0 Å². The van der Waals surface area contributed by atoms with E-state index in [1.807, 2.05) is 0 Å². The maximum absolute atomic E-state index is 13.3. The second kappa shape index (κ2) is 6.79. The molecule has 0 radical (unpaired) electrons. The van der Waals surface area contributed by atoms with E-state index >= 15 is 0 Å². The molecule has 7 heteroatoms. The molecule has 24 heavy (non-hydrogen) atoms. The smallest absolute Gasteiger partial charge is 0.229 e. The van der Waals surface area contributed by atoms with E-state index < -0.39 is 11.7 Å². The van der Waals surface area contributed by atoms with Crippen molar-refractivity contribution in [3.8, 4) is 0 Å². The first-order valence-electron chi connectivity index (χ1n) is 7.26. The fourth-order valence-corrected chi connectivity index (χ4v) is 3.11. The van der Waals surface area contributed by atoms with Crippen LogP contribution in [0.5, 0.6) is 0 Å². The highest BCUT2D eigenvalue weighted by Gasteiger charge is 2.35. The van der Waals surface area contributed by atoms with Crippen LogP contribution in [0.3, 0.4) is 0 Å². The van der Waals surface area contributed by atoms with Gasteiger partial charge in [-0.15, -0.1) is 0 Å². The van der Waals surface area contributed by atoms with Crippen LogP contribution in [-0.4, -0.2) is 18.4 Å². The van der Waals surface area contributed by atoms with Gasteiger partial charge in [-0.1, -0.05) is 35.3 Å². The first-order chi connectivity index (χ1) is 11.5. The van der Waals surface area contributed by atoms with E-state index in [-0.39, 0.29) is 24.8 Å². The van der Waals surface area contributed by atoms with Gasteiger partial charge in [-0.3, -0.25) is 9.59 Å². The van der Waals surface area contributed by atoms with Gasteiger partial charge in [0.2, 0.25) is 11.8 Å². The van der Waals surface area contributed by atoms with E-state index in [1.165, 1.54) is 23.1 Å². The molecule has 0 spiro atoms. The van der Waals surface area contributed by atoms with Gasteiger partial charge in [0.1, 0.15) is 5.82 Å². The summed E-state index contributed by atoms with van der Waals surface area (Å²) in [5.74, 6) is -1.58. The number of amides is 2. The molecule has 0 aliphatic carbocycles. The maximum atomic E-state index is 13.3. The van der Waals surface area contributed by atoms with Crippen LogP contribution in [0.1, 0.15) is 6.42 Å². The first kappa shape index (κ1) is 16.7. The monoisotopic (exact) mass is 366 g/mol. The molecular formula is C17H13Cl2FN2O2. The zero-order chi connectivity index (χ0) is 17.3. The molecule has 1 saturated heterocycles. The molecule has 1 unspecified atom stereocenters. The number of hydrogen-bond acceptors (Lipinski definition) is 2. The number of para-hydroxylation sites is 1. The normalized spacial score (nSPS) is 17.2. The molecule has 2 aromatic rings. The number of halogens is 3. The van der Waals surface area contributed by atoms with Crippen molar-refractivity contribution in [3.63, 3.8) is 0 Å². The third-order valence-electron chi connectivity index (χ3n) is 3.83. The van der Waals surface area contributed by atoms with E-state index in [0.29, 0.717) is 21.4 Å². The molecule has 3 rings (SSSR count). The Morgan fingerprint density at radius 3 is 2.50 bits per heavy atom. The summed E-state index contributed by atoms with van der Waals surface area (Å²) in [7, 11) is 0. The van der Waals surface area contributed by atoms with Crippen LogP contribution < -0.4 is 10.2 Å². The lowest BCUT2D eigenvalue weighted by atomic mass is 10.1. The SMILES string of the molecule is O=C(Nc1c(Cl)cccc1Cl)C1CC(=O)N(c2cccc(F)c2)C1. The van der Waals surface area contributed by atoms with Crippen LogP contribution in [0.25, 0.3) is 0 Å². The molecule has 1 aliphatic rings. The lowest BCUT2D eigenvalue weighted by Crippen LogP contribution is -2.28. The Morgan fingerprint density at radius 1 is 1.17 bits per heavy atom. The van der Waals surface area contributed by atoms with Gasteiger partial charge in [0.05, 0.1) is 21.7 Å². The number of nitrogens with one attached hydrogen (secondary N) is 1. The molecule has 1 fully saturated rings. The predicted molar refractivity (Wildman–Crippen MR) is 92.0 cm³/mol. The topological polar surface area (TPSA) is 49.4 Å². The summed E-state index contributed by atoms with van der Waals surface area (Å²) in [6.45, 7) is 0.177. The Labute approximate surface area is 148 Å². The van der Waals surface area contributed by atoms with Gasteiger partial charge in [0.15, 0.2) is 0 Å². The first-order valence-corrected chi connectivity index (χ1v) is 8.02. The highest BCUT2D eigenvalue weighted by molar-refractivity contribution is 6.39. The van der Waals surface area contributed by atoms with Crippen LogP contribution in [0.4, 0.5) is 15.8 Å². The summed E-state index contributed by atoms with van der Waals surface area (Å²) in [6, 6.07) is 10.6. The van der Waals surface area contributed by atoms with E-state index in [0.717, 1.165) is 0 Å². The van der Waals surface area contributed by atoms with Crippen molar-refractivity contribution in [2.45, 2.75) is 6.42 Å². The second-order valence-electron chi connectivity index (χ2n) is 5.47. The van der Waals surface area contributed by atoms with E-state index in [1.54, 1.807) is 24.3 Å². The van der Waals surface area contributed by atoms with Crippen LogP contribution in [0.2, 0.25) is 10.0 Å². The minimum absolute atomic E-state index is 0.0460. The maximum Gasteiger partial charge on any atom is 0.229 e. The van der Waals surface area contributed by atoms with E-state index in [9.17, 15) is 14.0 Å². The summed E-state index contributed by atoms with van der Waals surface area (Å²) in [5, 5.41) is 3.31. The summed E-state index contributed by atoms with van der Waals surface area (Å²) in [5.41, 5.74) is 0.758. The van der Waals surface area contributed by atoms with Gasteiger partial charge in [-0.05, 0) is 30.3 Å². The molecule has 1 aliphatic heterocycles. The molecule has 2 aromatic carbocycles. The average Bonchev–Trinajstić information content (AvgIpc) is 2.93. The van der Waals surface area contributed by atoms with Crippen molar-refractivity contribution in [2.24, 2.45) is 5.92 Å². The molecule has 0 bridgehead atoms. The number of rotatable bonds is 3. The third-order valence-corrected chi connectivity index (χ3v) is 4.46. The van der Waals surface area contributed by atoms with Crippen LogP contribution in [0.15, 0.2) is 42.5 Å². The quantitative estimate of drug-likeness (QED) is 0.887. The fourth-order valence-electron chi connectivity index (χ4n) is 2.62.